The number of rotatable bonds is 10. The molecule has 0 unspecified atom stereocenters. The molecule has 0 fully saturated rings. The number of aromatic nitrogens is 6. The molecule has 0 amide bonds. The molecule has 12 aromatic carbocycles. The van der Waals surface area contributed by atoms with Gasteiger partial charge in [0.15, 0.2) is 11.6 Å². The normalized spacial score (nSPS) is 11.4. The van der Waals surface area contributed by atoms with Gasteiger partial charge in [-0.25, -0.2) is 24.9 Å². The fourth-order valence-corrected chi connectivity index (χ4v) is 14.9. The molecule has 6 aromatic heterocycles. The lowest BCUT2D eigenvalue weighted by atomic mass is 9.91. The zero-order chi connectivity index (χ0) is 62.3. The number of hydrogen-bond acceptors (Lipinski definition) is 8. The summed E-state index contributed by atoms with van der Waals surface area (Å²) in [5.74, 6) is 1.38. The molecular weight excluding hydrogens is 1180 g/mol. The van der Waals surface area contributed by atoms with Crippen LogP contribution in [0.25, 0.3) is 174 Å². The molecule has 0 saturated heterocycles. The lowest BCUT2D eigenvalue weighted by molar-refractivity contribution is 1.18. The van der Waals surface area contributed by atoms with Crippen molar-refractivity contribution in [3.63, 3.8) is 0 Å². The molecule has 8 heteroatoms. The highest BCUT2D eigenvalue weighted by Gasteiger charge is 2.21. The molecule has 0 saturated carbocycles. The van der Waals surface area contributed by atoms with Crippen LogP contribution >= 0.6 is 22.7 Å². The SMILES string of the molecule is c1ccc(-c2cc(-c3ccccc3)nc(-c3cc(-c4ccc5sc6cccnc6c5c4)ccc3-c3cccc4ccccc34)n2)cc1.c1ccc(-c2cc(-c3ccccc3)nc(-c3cc(-c4cnc5sc6ccccc6c5c4)ccc3-c3ccc4ccccc4c3)n2)cc1. The second-order valence-corrected chi connectivity index (χ2v) is 25.5. The Balaban J connectivity index is 0.000000143. The first-order chi connectivity index (χ1) is 46.5. The van der Waals surface area contributed by atoms with Crippen molar-refractivity contribution in [2.75, 3.05) is 0 Å². The number of thiophene rings is 2. The Morgan fingerprint density at radius 3 is 1.35 bits per heavy atom. The van der Waals surface area contributed by atoms with Crippen molar-refractivity contribution in [1.82, 2.24) is 29.9 Å². The Kier molecular flexibility index (Phi) is 14.5. The maximum atomic E-state index is 5.26. The highest BCUT2D eigenvalue weighted by molar-refractivity contribution is 7.26. The topological polar surface area (TPSA) is 77.3 Å². The van der Waals surface area contributed by atoms with Crippen molar-refractivity contribution in [1.29, 1.82) is 0 Å². The molecule has 94 heavy (non-hydrogen) atoms. The van der Waals surface area contributed by atoms with Gasteiger partial charge in [-0.2, -0.15) is 0 Å². The minimum absolute atomic E-state index is 0.685. The predicted octanol–water partition coefficient (Wildman–Crippen LogP) is 23.5. The lowest BCUT2D eigenvalue weighted by Gasteiger charge is -2.16. The Morgan fingerprint density at radius 1 is 0.223 bits per heavy atom. The van der Waals surface area contributed by atoms with E-state index in [1.54, 1.807) is 22.7 Å². The number of pyridine rings is 2. The molecule has 18 aromatic rings. The van der Waals surface area contributed by atoms with Crippen LogP contribution in [0, 0.1) is 0 Å². The van der Waals surface area contributed by atoms with Gasteiger partial charge in [-0.05, 0) is 127 Å². The van der Waals surface area contributed by atoms with Crippen LogP contribution in [-0.4, -0.2) is 29.9 Å². The van der Waals surface area contributed by atoms with Crippen LogP contribution in [0.5, 0.6) is 0 Å². The van der Waals surface area contributed by atoms with E-state index in [9.17, 15) is 0 Å². The third-order valence-corrected chi connectivity index (χ3v) is 19.7. The number of fused-ring (bicyclic) bond motifs is 8. The molecule has 0 radical (unpaired) electrons. The van der Waals surface area contributed by atoms with Crippen molar-refractivity contribution in [2.24, 2.45) is 0 Å². The van der Waals surface area contributed by atoms with Gasteiger partial charge < -0.3 is 0 Å². The quantitative estimate of drug-likeness (QED) is 0.136. The summed E-state index contributed by atoms with van der Waals surface area (Å²) in [7, 11) is 0. The number of nitrogens with zero attached hydrogens (tertiary/aromatic N) is 6. The van der Waals surface area contributed by atoms with Crippen molar-refractivity contribution < 1.29 is 0 Å². The zero-order valence-electron chi connectivity index (χ0n) is 50.7. The van der Waals surface area contributed by atoms with Gasteiger partial charge in [0.25, 0.3) is 0 Å². The molecule has 0 aliphatic heterocycles. The standard InChI is InChI=1S/2C43H27N3S/c1-3-12-29(13-4-1)38-27-39(30-14-5-2-6-15-30)46-43(45-38)36-25-31(20-22-35(36)34-18-9-16-28-11-7-8-17-33(28)34)32-21-23-40-37(26-32)42-41(47-40)19-10-24-44-42;1-3-12-29(13-4-1)39-26-40(30-14-5-2-6-15-30)46-42(45-39)37-24-32(21-22-35(37)33-20-19-28-11-7-8-16-31(28)23-33)34-25-38-36-17-9-10-18-41(36)47-43(38)44-27-34/h2*1-27H. The molecule has 6 heterocycles. The third-order valence-electron chi connectivity index (χ3n) is 17.5. The highest BCUT2D eigenvalue weighted by atomic mass is 32.1. The molecule has 0 spiro atoms. The van der Waals surface area contributed by atoms with Gasteiger partial charge in [0.05, 0.1) is 33.0 Å². The number of hydrogen-bond donors (Lipinski definition) is 0. The summed E-state index contributed by atoms with van der Waals surface area (Å²) in [5.41, 5.74) is 19.6. The highest BCUT2D eigenvalue weighted by Crippen LogP contribution is 2.43. The second-order valence-electron chi connectivity index (χ2n) is 23.3. The summed E-state index contributed by atoms with van der Waals surface area (Å²) in [6.45, 7) is 0. The zero-order valence-corrected chi connectivity index (χ0v) is 52.3. The van der Waals surface area contributed by atoms with Crippen LogP contribution in [0.1, 0.15) is 0 Å². The average molecular weight is 1240 g/mol. The minimum atomic E-state index is 0.685. The smallest absolute Gasteiger partial charge is 0.161 e. The third kappa shape index (κ3) is 10.8. The lowest BCUT2D eigenvalue weighted by Crippen LogP contribution is -1.98. The summed E-state index contributed by atoms with van der Waals surface area (Å²) in [6.07, 6.45) is 3.86. The van der Waals surface area contributed by atoms with E-state index in [1.165, 1.54) is 51.8 Å². The van der Waals surface area contributed by atoms with Crippen molar-refractivity contribution in [2.45, 2.75) is 0 Å². The molecule has 0 aliphatic rings. The van der Waals surface area contributed by atoms with Gasteiger partial charge in [-0.1, -0.05) is 249 Å². The van der Waals surface area contributed by atoms with Crippen molar-refractivity contribution in [3.05, 3.63) is 328 Å². The molecule has 0 atom stereocenters. The summed E-state index contributed by atoms with van der Waals surface area (Å²) in [6, 6.07) is 111. The monoisotopic (exact) mass is 1230 g/mol. The summed E-state index contributed by atoms with van der Waals surface area (Å²) < 4.78 is 3.69. The maximum absolute atomic E-state index is 5.26. The molecular formula is C86H54N6S2. The fourth-order valence-electron chi connectivity index (χ4n) is 12.8. The van der Waals surface area contributed by atoms with Crippen LogP contribution < -0.4 is 0 Å². The average Bonchev–Trinajstić information content (AvgIpc) is 1.12. The predicted molar refractivity (Wildman–Crippen MR) is 395 cm³/mol. The van der Waals surface area contributed by atoms with Gasteiger partial charge in [-0.15, -0.1) is 22.7 Å². The van der Waals surface area contributed by atoms with Gasteiger partial charge >= 0.3 is 0 Å². The van der Waals surface area contributed by atoms with E-state index in [-0.39, 0.29) is 0 Å². The van der Waals surface area contributed by atoms with E-state index >= 15 is 0 Å². The van der Waals surface area contributed by atoms with Crippen molar-refractivity contribution >= 4 is 84.8 Å². The molecule has 0 N–H and O–H groups in total. The maximum Gasteiger partial charge on any atom is 0.161 e. The van der Waals surface area contributed by atoms with E-state index in [0.717, 1.165) is 111 Å². The van der Waals surface area contributed by atoms with Gasteiger partial charge in [-0.3, -0.25) is 4.98 Å². The minimum Gasteiger partial charge on any atom is -0.255 e. The van der Waals surface area contributed by atoms with Gasteiger partial charge in [0.2, 0.25) is 0 Å². The van der Waals surface area contributed by atoms with Crippen LogP contribution in [0.3, 0.4) is 0 Å². The van der Waals surface area contributed by atoms with E-state index in [2.05, 4.69) is 285 Å². The van der Waals surface area contributed by atoms with E-state index in [1.807, 2.05) is 42.7 Å². The van der Waals surface area contributed by atoms with Crippen molar-refractivity contribution in [3.8, 4) is 112 Å². The van der Waals surface area contributed by atoms with Gasteiger partial charge in [0, 0.05) is 76.9 Å². The molecule has 18 rings (SSSR count). The Hall–Kier alpha value is -11.9. The fraction of sp³-hybridized carbons (Fsp3) is 0. The second kappa shape index (κ2) is 24.4. The first kappa shape index (κ1) is 56.1. The molecule has 6 nitrogen and oxygen atoms in total. The van der Waals surface area contributed by atoms with Gasteiger partial charge in [0.1, 0.15) is 4.83 Å². The first-order valence-electron chi connectivity index (χ1n) is 31.4. The Labute approximate surface area is 551 Å². The summed E-state index contributed by atoms with van der Waals surface area (Å²) in [5, 5.41) is 8.40. The van der Waals surface area contributed by atoms with E-state index < -0.39 is 0 Å². The van der Waals surface area contributed by atoms with Crippen LogP contribution in [0.15, 0.2) is 328 Å². The molecule has 0 aliphatic carbocycles. The van der Waals surface area contributed by atoms with Crippen LogP contribution in [0.2, 0.25) is 0 Å². The Bertz CT molecular complexity index is 5740. The molecule has 440 valence electrons. The number of benzene rings is 12. The van der Waals surface area contributed by atoms with Crippen LogP contribution in [0.4, 0.5) is 0 Å². The summed E-state index contributed by atoms with van der Waals surface area (Å²) in [4.78, 5) is 31.7. The largest absolute Gasteiger partial charge is 0.255 e. The molecule has 0 bridgehead atoms. The Morgan fingerprint density at radius 2 is 0.702 bits per heavy atom. The van der Waals surface area contributed by atoms with Crippen LogP contribution in [-0.2, 0) is 0 Å². The van der Waals surface area contributed by atoms with E-state index in [4.69, 9.17) is 29.9 Å². The summed E-state index contributed by atoms with van der Waals surface area (Å²) >= 11 is 3.52. The first-order valence-corrected chi connectivity index (χ1v) is 33.0. The van der Waals surface area contributed by atoms with E-state index in [0.29, 0.717) is 11.6 Å².